The molecule has 2 N–H and O–H groups in total. The van der Waals surface area contributed by atoms with Crippen LogP contribution in [0.25, 0.3) is 0 Å². The van der Waals surface area contributed by atoms with Crippen molar-refractivity contribution in [3.63, 3.8) is 0 Å². The quantitative estimate of drug-likeness (QED) is 0.754. The van der Waals surface area contributed by atoms with Gasteiger partial charge in [-0.2, -0.15) is 0 Å². The van der Waals surface area contributed by atoms with Crippen LogP contribution < -0.4 is 10.6 Å². The van der Waals surface area contributed by atoms with E-state index in [1.165, 1.54) is 0 Å². The first-order chi connectivity index (χ1) is 8.08. The predicted octanol–water partition coefficient (Wildman–Crippen LogP) is 0.973. The highest BCUT2D eigenvalue weighted by atomic mass is 16.2. The van der Waals surface area contributed by atoms with Crippen molar-refractivity contribution in [3.05, 3.63) is 0 Å². The lowest BCUT2D eigenvalue weighted by Gasteiger charge is -2.35. The molecule has 1 aliphatic rings. The summed E-state index contributed by atoms with van der Waals surface area (Å²) in [5.74, 6) is 0.174. The number of carbonyl (C=O) groups excluding carboxylic acids is 1. The van der Waals surface area contributed by atoms with Crippen LogP contribution in [0.1, 0.15) is 40.5 Å². The predicted molar refractivity (Wildman–Crippen MR) is 71.0 cm³/mol. The molecule has 0 aromatic carbocycles. The van der Waals surface area contributed by atoms with Gasteiger partial charge in [-0.15, -0.1) is 0 Å². The van der Waals surface area contributed by atoms with Gasteiger partial charge in [-0.3, -0.25) is 9.69 Å². The highest BCUT2D eigenvalue weighted by molar-refractivity contribution is 5.81. The van der Waals surface area contributed by atoms with Crippen LogP contribution in [0, 0.1) is 0 Å². The Hall–Kier alpha value is -0.610. The molecule has 4 nitrogen and oxygen atoms in total. The normalized spacial score (nSPS) is 23.7. The Bertz CT molecular complexity index is 241. The van der Waals surface area contributed by atoms with Crippen molar-refractivity contribution in [1.82, 2.24) is 15.5 Å². The molecule has 0 aliphatic carbocycles. The summed E-state index contributed by atoms with van der Waals surface area (Å²) in [6, 6.07) is 0.789. The number of nitrogens with one attached hydrogen (secondary N) is 2. The van der Waals surface area contributed by atoms with Gasteiger partial charge in [0.25, 0.3) is 0 Å². The average Bonchev–Trinajstić information content (AvgIpc) is 2.34. The van der Waals surface area contributed by atoms with Crippen LogP contribution in [0.4, 0.5) is 0 Å². The molecule has 1 heterocycles. The Morgan fingerprint density at radius 3 is 2.65 bits per heavy atom. The molecular weight excluding hydrogens is 214 g/mol. The molecule has 0 aromatic heterocycles. The van der Waals surface area contributed by atoms with E-state index in [0.29, 0.717) is 12.1 Å². The Morgan fingerprint density at radius 1 is 1.47 bits per heavy atom. The highest BCUT2D eigenvalue weighted by Crippen LogP contribution is 2.06. The van der Waals surface area contributed by atoms with Crippen LogP contribution in [-0.4, -0.2) is 48.6 Å². The van der Waals surface area contributed by atoms with Crippen molar-refractivity contribution in [2.75, 3.05) is 19.6 Å². The second kappa shape index (κ2) is 6.97. The Balaban J connectivity index is 2.45. The first-order valence-electron chi connectivity index (χ1n) is 6.86. The number of carbonyl (C=O) groups is 1. The van der Waals surface area contributed by atoms with Crippen molar-refractivity contribution >= 4 is 5.91 Å². The van der Waals surface area contributed by atoms with Gasteiger partial charge >= 0.3 is 0 Å². The van der Waals surface area contributed by atoms with Crippen molar-refractivity contribution < 1.29 is 4.79 Å². The maximum absolute atomic E-state index is 12.1. The molecule has 1 rings (SSSR count). The summed E-state index contributed by atoms with van der Waals surface area (Å²) in [7, 11) is 0. The lowest BCUT2D eigenvalue weighted by Crippen LogP contribution is -2.56. The van der Waals surface area contributed by atoms with E-state index in [1.54, 1.807) is 0 Å². The van der Waals surface area contributed by atoms with Gasteiger partial charge < -0.3 is 10.6 Å². The van der Waals surface area contributed by atoms with E-state index >= 15 is 0 Å². The van der Waals surface area contributed by atoms with Gasteiger partial charge in [-0.25, -0.2) is 0 Å². The Labute approximate surface area is 105 Å². The molecule has 100 valence electrons. The number of hydrogen-bond donors (Lipinski definition) is 2. The SMILES string of the molecule is CCC(CC)NC(=O)C(C)N1CCN[C@@H](C)C1. The summed E-state index contributed by atoms with van der Waals surface area (Å²) >= 11 is 0. The minimum atomic E-state index is -0.0138. The zero-order valence-corrected chi connectivity index (χ0v) is 11.6. The van der Waals surface area contributed by atoms with Crippen LogP contribution >= 0.6 is 0 Å². The minimum absolute atomic E-state index is 0.0138. The fraction of sp³-hybridized carbons (Fsp3) is 0.923. The maximum atomic E-state index is 12.1. The lowest BCUT2D eigenvalue weighted by molar-refractivity contribution is -0.127. The third kappa shape index (κ3) is 4.28. The summed E-state index contributed by atoms with van der Waals surface area (Å²) in [6.07, 6.45) is 2.01. The van der Waals surface area contributed by atoms with E-state index in [1.807, 2.05) is 6.92 Å². The fourth-order valence-corrected chi connectivity index (χ4v) is 2.29. The van der Waals surface area contributed by atoms with Gasteiger partial charge in [0.15, 0.2) is 0 Å². The largest absolute Gasteiger partial charge is 0.352 e. The molecule has 0 spiro atoms. The summed E-state index contributed by atoms with van der Waals surface area (Å²) in [5, 5.41) is 6.52. The van der Waals surface area contributed by atoms with Crippen molar-refractivity contribution in [3.8, 4) is 0 Å². The number of rotatable bonds is 5. The Kier molecular flexibility index (Phi) is 5.92. The first-order valence-corrected chi connectivity index (χ1v) is 6.86. The van der Waals surface area contributed by atoms with Crippen LogP contribution in [0.2, 0.25) is 0 Å². The molecule has 1 aliphatic heterocycles. The van der Waals surface area contributed by atoms with Crippen molar-refractivity contribution in [2.45, 2.75) is 58.7 Å². The third-order valence-electron chi connectivity index (χ3n) is 3.66. The van der Waals surface area contributed by atoms with Gasteiger partial charge in [0, 0.05) is 31.7 Å². The molecule has 2 atom stereocenters. The van der Waals surface area contributed by atoms with Gasteiger partial charge in [0.1, 0.15) is 0 Å². The summed E-state index contributed by atoms with van der Waals surface area (Å²) in [5.41, 5.74) is 0. The van der Waals surface area contributed by atoms with Crippen molar-refractivity contribution in [2.24, 2.45) is 0 Å². The molecule has 0 saturated carbocycles. The van der Waals surface area contributed by atoms with Crippen LogP contribution in [-0.2, 0) is 4.79 Å². The number of nitrogens with zero attached hydrogens (tertiary/aromatic N) is 1. The van der Waals surface area contributed by atoms with Gasteiger partial charge in [0.05, 0.1) is 6.04 Å². The number of hydrogen-bond acceptors (Lipinski definition) is 3. The molecule has 1 amide bonds. The molecule has 17 heavy (non-hydrogen) atoms. The zero-order chi connectivity index (χ0) is 12.8. The Morgan fingerprint density at radius 2 is 2.12 bits per heavy atom. The standard InChI is InChI=1S/C13H27N3O/c1-5-12(6-2)15-13(17)11(4)16-8-7-14-10(3)9-16/h10-12,14H,5-9H2,1-4H3,(H,15,17)/t10-,11?/m0/s1. The van der Waals surface area contributed by atoms with Gasteiger partial charge in [0.2, 0.25) is 5.91 Å². The maximum Gasteiger partial charge on any atom is 0.237 e. The topological polar surface area (TPSA) is 44.4 Å². The van der Waals surface area contributed by atoms with Crippen LogP contribution in [0.5, 0.6) is 0 Å². The monoisotopic (exact) mass is 241 g/mol. The molecule has 0 aromatic rings. The van der Waals surface area contributed by atoms with E-state index < -0.39 is 0 Å². The minimum Gasteiger partial charge on any atom is -0.352 e. The van der Waals surface area contributed by atoms with E-state index in [2.05, 4.69) is 36.3 Å². The van der Waals surface area contributed by atoms with Gasteiger partial charge in [-0.05, 0) is 26.7 Å². The first kappa shape index (κ1) is 14.5. The molecule has 1 saturated heterocycles. The van der Waals surface area contributed by atoms with Crippen molar-refractivity contribution in [1.29, 1.82) is 0 Å². The second-order valence-corrected chi connectivity index (χ2v) is 5.05. The van der Waals surface area contributed by atoms with Gasteiger partial charge in [-0.1, -0.05) is 13.8 Å². The fourth-order valence-electron chi connectivity index (χ4n) is 2.29. The molecule has 0 radical (unpaired) electrons. The second-order valence-electron chi connectivity index (χ2n) is 5.05. The highest BCUT2D eigenvalue weighted by Gasteiger charge is 2.25. The van der Waals surface area contributed by atoms with E-state index in [0.717, 1.165) is 32.5 Å². The molecule has 1 unspecified atom stereocenters. The zero-order valence-electron chi connectivity index (χ0n) is 11.6. The third-order valence-corrected chi connectivity index (χ3v) is 3.66. The number of piperazine rings is 1. The van der Waals surface area contributed by atoms with E-state index in [9.17, 15) is 4.79 Å². The van der Waals surface area contributed by atoms with E-state index in [-0.39, 0.29) is 11.9 Å². The summed E-state index contributed by atoms with van der Waals surface area (Å²) < 4.78 is 0. The lowest BCUT2D eigenvalue weighted by atomic mass is 10.1. The molecule has 1 fully saturated rings. The van der Waals surface area contributed by atoms with Crippen LogP contribution in [0.3, 0.4) is 0 Å². The van der Waals surface area contributed by atoms with E-state index in [4.69, 9.17) is 0 Å². The smallest absolute Gasteiger partial charge is 0.237 e. The molecular formula is C13H27N3O. The number of amides is 1. The summed E-state index contributed by atoms with van der Waals surface area (Å²) in [6.45, 7) is 11.3. The molecule has 0 bridgehead atoms. The molecule has 4 heteroatoms. The van der Waals surface area contributed by atoms with Crippen LogP contribution in [0.15, 0.2) is 0 Å². The summed E-state index contributed by atoms with van der Waals surface area (Å²) in [4.78, 5) is 14.4. The average molecular weight is 241 g/mol.